The summed E-state index contributed by atoms with van der Waals surface area (Å²) in [4.78, 5) is 43.2. The first-order valence-corrected chi connectivity index (χ1v) is 15.7. The number of nitrogens with zero attached hydrogens (tertiary/aromatic N) is 2. The van der Waals surface area contributed by atoms with Crippen LogP contribution in [0.3, 0.4) is 0 Å². The zero-order valence-electron chi connectivity index (χ0n) is 25.5. The summed E-state index contributed by atoms with van der Waals surface area (Å²) in [5.74, 6) is -0.190. The lowest BCUT2D eigenvalue weighted by Gasteiger charge is -2.41. The Morgan fingerprint density at radius 2 is 1.78 bits per heavy atom. The average Bonchev–Trinajstić information content (AvgIpc) is 3.05. The Kier molecular flexibility index (Phi) is 9.44. The van der Waals surface area contributed by atoms with Gasteiger partial charge in [-0.15, -0.1) is 0 Å². The molecule has 10 heteroatoms. The maximum atomic E-state index is 14.2. The highest BCUT2D eigenvalue weighted by atomic mass is 16.5. The fraction of sp³-hybridized carbons (Fsp3) is 0.400. The van der Waals surface area contributed by atoms with E-state index in [2.05, 4.69) is 15.5 Å². The molecule has 0 spiro atoms. The maximum absolute atomic E-state index is 14.2. The van der Waals surface area contributed by atoms with Crippen LogP contribution >= 0.6 is 0 Å². The molecule has 2 saturated heterocycles. The third kappa shape index (κ3) is 7.36. The lowest BCUT2D eigenvalue weighted by molar-refractivity contribution is -0.135. The van der Waals surface area contributed by atoms with E-state index in [-0.39, 0.29) is 30.4 Å². The van der Waals surface area contributed by atoms with Crippen molar-refractivity contribution in [1.29, 1.82) is 0 Å². The van der Waals surface area contributed by atoms with Gasteiger partial charge in [0.1, 0.15) is 17.9 Å². The van der Waals surface area contributed by atoms with Crippen LogP contribution < -0.4 is 15.4 Å². The summed E-state index contributed by atoms with van der Waals surface area (Å²) in [5, 5.41) is 16.4. The lowest BCUT2D eigenvalue weighted by Crippen LogP contribution is -2.61. The van der Waals surface area contributed by atoms with Crippen LogP contribution in [0.2, 0.25) is 0 Å². The highest BCUT2D eigenvalue weighted by Crippen LogP contribution is 2.31. The number of aliphatic hydroxyl groups is 1. The van der Waals surface area contributed by atoms with E-state index in [1.165, 1.54) is 6.92 Å². The normalized spacial score (nSPS) is 24.4. The molecule has 2 bridgehead atoms. The van der Waals surface area contributed by atoms with Crippen molar-refractivity contribution in [2.24, 2.45) is 0 Å². The number of benzene rings is 3. The van der Waals surface area contributed by atoms with E-state index in [0.29, 0.717) is 63.4 Å². The first kappa shape index (κ1) is 30.8. The van der Waals surface area contributed by atoms with Gasteiger partial charge in [0, 0.05) is 51.8 Å². The topological polar surface area (TPSA) is 120 Å². The van der Waals surface area contributed by atoms with Gasteiger partial charge >= 0.3 is 0 Å². The van der Waals surface area contributed by atoms with Gasteiger partial charge in [-0.2, -0.15) is 0 Å². The van der Waals surface area contributed by atoms with Gasteiger partial charge in [0.05, 0.1) is 24.4 Å². The smallest absolute Gasteiger partial charge is 0.258 e. The van der Waals surface area contributed by atoms with Crippen molar-refractivity contribution in [2.45, 2.75) is 57.1 Å². The molecule has 3 amide bonds. The monoisotopic (exact) mass is 612 g/mol. The van der Waals surface area contributed by atoms with Crippen molar-refractivity contribution in [3.05, 3.63) is 83.9 Å². The largest absolute Gasteiger partial charge is 0.493 e. The Balaban J connectivity index is 1.28. The number of hydrogen-bond acceptors (Lipinski definition) is 7. The van der Waals surface area contributed by atoms with Crippen LogP contribution in [0.25, 0.3) is 11.1 Å². The van der Waals surface area contributed by atoms with Gasteiger partial charge in [-0.3, -0.25) is 19.3 Å². The SMILES string of the molecule is CC(=O)Nc1ccc(CN2CCN3C(=O)c4ccc(-c5ccccc5)cc4OCC[C@@H]4CC[C@H](O)[C@@H](CNC(=O)[C@@H]3C2)O4)cc1. The third-order valence-electron chi connectivity index (χ3n) is 8.78. The predicted molar refractivity (Wildman–Crippen MR) is 170 cm³/mol. The highest BCUT2D eigenvalue weighted by Gasteiger charge is 2.38. The number of carbonyl (C=O) groups is 3. The molecule has 3 aliphatic heterocycles. The van der Waals surface area contributed by atoms with Gasteiger partial charge in [0.25, 0.3) is 5.91 Å². The third-order valence-corrected chi connectivity index (χ3v) is 8.78. The molecule has 0 unspecified atom stereocenters. The van der Waals surface area contributed by atoms with Crippen LogP contribution in [0.5, 0.6) is 5.75 Å². The first-order chi connectivity index (χ1) is 21.8. The number of nitrogens with one attached hydrogen (secondary N) is 2. The minimum atomic E-state index is -0.758. The number of piperazine rings is 1. The molecule has 3 aliphatic rings. The number of anilines is 1. The number of rotatable bonds is 4. The van der Waals surface area contributed by atoms with E-state index in [0.717, 1.165) is 22.4 Å². The first-order valence-electron chi connectivity index (χ1n) is 15.7. The summed E-state index contributed by atoms with van der Waals surface area (Å²) in [6.07, 6.45) is 0.565. The van der Waals surface area contributed by atoms with Gasteiger partial charge in [-0.05, 0) is 53.8 Å². The van der Waals surface area contributed by atoms with Gasteiger partial charge < -0.3 is 30.1 Å². The quantitative estimate of drug-likeness (QED) is 0.413. The molecule has 0 saturated carbocycles. The molecule has 4 atom stereocenters. The molecule has 3 aromatic rings. The summed E-state index contributed by atoms with van der Waals surface area (Å²) in [6, 6.07) is 22.4. The fourth-order valence-electron chi connectivity index (χ4n) is 6.35. The second-order valence-electron chi connectivity index (χ2n) is 12.0. The molecule has 3 aromatic carbocycles. The predicted octanol–water partition coefficient (Wildman–Crippen LogP) is 3.45. The van der Waals surface area contributed by atoms with Crippen molar-refractivity contribution < 1.29 is 29.0 Å². The summed E-state index contributed by atoms with van der Waals surface area (Å²) in [6.45, 7) is 3.84. The van der Waals surface area contributed by atoms with E-state index in [1.807, 2.05) is 66.7 Å². The van der Waals surface area contributed by atoms with Crippen LogP contribution in [0.15, 0.2) is 72.8 Å². The molecule has 0 radical (unpaired) electrons. The number of amides is 3. The molecule has 3 heterocycles. The summed E-state index contributed by atoms with van der Waals surface area (Å²) < 4.78 is 12.5. The van der Waals surface area contributed by atoms with E-state index < -0.39 is 18.2 Å². The highest BCUT2D eigenvalue weighted by molar-refractivity contribution is 6.00. The lowest BCUT2D eigenvalue weighted by atomic mass is 9.98. The minimum absolute atomic E-state index is 0.117. The Bertz CT molecular complexity index is 1510. The van der Waals surface area contributed by atoms with Gasteiger partial charge in [0.15, 0.2) is 0 Å². The standard InChI is InChI=1S/C35H40N4O6/c1-23(40)37-27-10-7-24(8-11-27)21-38-16-17-39-30(22-38)34(42)36-20-33-31(41)14-12-28(45-33)15-18-44-32-19-26(9-13-29(32)35(39)43)25-5-3-2-4-6-25/h2-11,13,19,28,30-31,33,41H,12,14-18,20-22H2,1H3,(H,36,42)(H,37,40)/t28-,30-,31-,33+/m0/s1. The van der Waals surface area contributed by atoms with Gasteiger partial charge in [0.2, 0.25) is 11.8 Å². The minimum Gasteiger partial charge on any atom is -0.493 e. The van der Waals surface area contributed by atoms with Crippen molar-refractivity contribution >= 4 is 23.4 Å². The molecule has 45 heavy (non-hydrogen) atoms. The van der Waals surface area contributed by atoms with E-state index in [9.17, 15) is 19.5 Å². The molecule has 6 rings (SSSR count). The number of ether oxygens (including phenoxy) is 2. The fourth-order valence-corrected chi connectivity index (χ4v) is 6.35. The maximum Gasteiger partial charge on any atom is 0.258 e. The van der Waals surface area contributed by atoms with Crippen LogP contribution in [-0.4, -0.2) is 89.8 Å². The molecule has 236 valence electrons. The molecular weight excluding hydrogens is 572 g/mol. The Labute approximate surface area is 263 Å². The molecule has 0 aromatic heterocycles. The number of carbonyl (C=O) groups excluding carboxylic acids is 3. The molecule has 0 aliphatic carbocycles. The van der Waals surface area contributed by atoms with Crippen molar-refractivity contribution in [3.63, 3.8) is 0 Å². The van der Waals surface area contributed by atoms with Gasteiger partial charge in [-0.25, -0.2) is 0 Å². The van der Waals surface area contributed by atoms with Crippen molar-refractivity contribution in [3.8, 4) is 16.9 Å². The Morgan fingerprint density at radius 3 is 2.56 bits per heavy atom. The zero-order valence-corrected chi connectivity index (χ0v) is 25.5. The van der Waals surface area contributed by atoms with Crippen LogP contribution in [0, 0.1) is 0 Å². The van der Waals surface area contributed by atoms with Gasteiger partial charge in [-0.1, -0.05) is 48.5 Å². The van der Waals surface area contributed by atoms with E-state index in [1.54, 1.807) is 11.0 Å². The number of fused-ring (bicyclic) bond motifs is 4. The molecule has 10 nitrogen and oxygen atoms in total. The number of aliphatic hydroxyl groups excluding tert-OH is 1. The number of hydrogen-bond donors (Lipinski definition) is 3. The van der Waals surface area contributed by atoms with Crippen LogP contribution in [0.4, 0.5) is 5.69 Å². The Morgan fingerprint density at radius 1 is 0.978 bits per heavy atom. The van der Waals surface area contributed by atoms with E-state index in [4.69, 9.17) is 9.47 Å². The Hall–Kier alpha value is -4.25. The molecular formula is C35H40N4O6. The summed E-state index contributed by atoms with van der Waals surface area (Å²) >= 11 is 0. The molecule has 2 fully saturated rings. The summed E-state index contributed by atoms with van der Waals surface area (Å²) in [5.41, 5.74) is 4.12. The van der Waals surface area contributed by atoms with Crippen LogP contribution in [0.1, 0.15) is 42.1 Å². The summed E-state index contributed by atoms with van der Waals surface area (Å²) in [7, 11) is 0. The average molecular weight is 613 g/mol. The molecule has 3 N–H and O–H groups in total. The second kappa shape index (κ2) is 13.8. The van der Waals surface area contributed by atoms with Crippen molar-refractivity contribution in [2.75, 3.05) is 38.1 Å². The van der Waals surface area contributed by atoms with Crippen LogP contribution in [-0.2, 0) is 20.9 Å². The van der Waals surface area contributed by atoms with Crippen molar-refractivity contribution in [1.82, 2.24) is 15.1 Å². The van der Waals surface area contributed by atoms with E-state index >= 15 is 0 Å². The zero-order chi connectivity index (χ0) is 31.3. The second-order valence-corrected chi connectivity index (χ2v) is 12.0.